The van der Waals surface area contributed by atoms with E-state index in [2.05, 4.69) is 5.32 Å². The minimum absolute atomic E-state index is 0.129. The van der Waals surface area contributed by atoms with Crippen molar-refractivity contribution in [3.63, 3.8) is 0 Å². The van der Waals surface area contributed by atoms with Crippen molar-refractivity contribution in [2.24, 2.45) is 0 Å². The van der Waals surface area contributed by atoms with E-state index in [4.69, 9.17) is 0 Å². The van der Waals surface area contributed by atoms with Crippen molar-refractivity contribution < 1.29 is 9.59 Å². The molecule has 1 rings (SSSR count). The fraction of sp³-hybridized carbons (Fsp3) is 0.273. The SMILES string of the molecule is CSC(C(C)=O)C(=O)Nc1ccccc1. The Hall–Kier alpha value is -1.29. The molecule has 0 aliphatic carbocycles. The van der Waals surface area contributed by atoms with E-state index in [9.17, 15) is 9.59 Å². The van der Waals surface area contributed by atoms with Crippen LogP contribution >= 0.6 is 11.8 Å². The first-order valence-electron chi connectivity index (χ1n) is 4.54. The van der Waals surface area contributed by atoms with Crippen LogP contribution < -0.4 is 5.32 Å². The van der Waals surface area contributed by atoms with Gasteiger partial charge in [-0.05, 0) is 25.3 Å². The van der Waals surface area contributed by atoms with E-state index in [1.165, 1.54) is 18.7 Å². The van der Waals surface area contributed by atoms with Crippen LogP contribution in [0.2, 0.25) is 0 Å². The molecule has 0 radical (unpaired) electrons. The zero-order chi connectivity index (χ0) is 11.3. The number of hydrogen-bond donors (Lipinski definition) is 1. The summed E-state index contributed by atoms with van der Waals surface area (Å²) in [6.45, 7) is 1.42. The molecule has 0 fully saturated rings. The van der Waals surface area contributed by atoms with Gasteiger partial charge < -0.3 is 5.32 Å². The minimum Gasteiger partial charge on any atom is -0.325 e. The predicted octanol–water partition coefficient (Wildman–Crippen LogP) is 1.95. The summed E-state index contributed by atoms with van der Waals surface area (Å²) in [7, 11) is 0. The van der Waals surface area contributed by atoms with Crippen LogP contribution in [0.5, 0.6) is 0 Å². The Morgan fingerprint density at radius 1 is 1.27 bits per heavy atom. The van der Waals surface area contributed by atoms with Gasteiger partial charge >= 0.3 is 0 Å². The fourth-order valence-corrected chi connectivity index (χ4v) is 1.79. The Labute approximate surface area is 93.3 Å². The van der Waals surface area contributed by atoms with E-state index in [1.54, 1.807) is 18.4 Å². The van der Waals surface area contributed by atoms with E-state index in [0.29, 0.717) is 5.69 Å². The van der Waals surface area contributed by atoms with Gasteiger partial charge in [-0.15, -0.1) is 11.8 Å². The van der Waals surface area contributed by atoms with Crippen LogP contribution in [0, 0.1) is 0 Å². The second-order valence-corrected chi connectivity index (χ2v) is 4.02. The Morgan fingerprint density at radius 2 is 1.87 bits per heavy atom. The molecule has 1 aromatic carbocycles. The third-order valence-electron chi connectivity index (χ3n) is 1.88. The number of thioether (sulfide) groups is 1. The van der Waals surface area contributed by atoms with Gasteiger partial charge in [-0.3, -0.25) is 9.59 Å². The average molecular weight is 223 g/mol. The van der Waals surface area contributed by atoms with Crippen LogP contribution in [-0.2, 0) is 9.59 Å². The summed E-state index contributed by atoms with van der Waals surface area (Å²) in [4.78, 5) is 22.8. The largest absolute Gasteiger partial charge is 0.325 e. The van der Waals surface area contributed by atoms with Crippen molar-refractivity contribution in [2.75, 3.05) is 11.6 Å². The lowest BCUT2D eigenvalue weighted by molar-refractivity contribution is -0.123. The first-order valence-corrected chi connectivity index (χ1v) is 5.83. The number of anilines is 1. The predicted molar refractivity (Wildman–Crippen MR) is 63.1 cm³/mol. The molecular weight excluding hydrogens is 210 g/mol. The third kappa shape index (κ3) is 3.40. The molecule has 0 saturated carbocycles. The number of rotatable bonds is 4. The van der Waals surface area contributed by atoms with Crippen molar-refractivity contribution in [2.45, 2.75) is 12.2 Å². The number of para-hydroxylation sites is 1. The highest BCUT2D eigenvalue weighted by molar-refractivity contribution is 8.00. The first-order chi connectivity index (χ1) is 7.15. The van der Waals surface area contributed by atoms with Gasteiger partial charge in [0.05, 0.1) is 0 Å². The number of Topliss-reactive ketones (excluding diaryl/α,β-unsaturated/α-hetero) is 1. The Morgan fingerprint density at radius 3 is 2.33 bits per heavy atom. The number of hydrogen-bond acceptors (Lipinski definition) is 3. The maximum Gasteiger partial charge on any atom is 0.245 e. The van der Waals surface area contributed by atoms with Crippen molar-refractivity contribution in [3.8, 4) is 0 Å². The number of carbonyl (C=O) groups excluding carboxylic acids is 2. The van der Waals surface area contributed by atoms with E-state index < -0.39 is 5.25 Å². The lowest BCUT2D eigenvalue weighted by Gasteiger charge is -2.11. The van der Waals surface area contributed by atoms with E-state index in [0.717, 1.165) is 0 Å². The summed E-state index contributed by atoms with van der Waals surface area (Å²) in [5, 5.41) is 2.07. The molecule has 0 heterocycles. The third-order valence-corrected chi connectivity index (χ3v) is 2.90. The van der Waals surface area contributed by atoms with E-state index in [1.807, 2.05) is 18.2 Å². The molecule has 80 valence electrons. The number of nitrogens with one attached hydrogen (secondary N) is 1. The highest BCUT2D eigenvalue weighted by Crippen LogP contribution is 2.12. The molecule has 0 spiro atoms. The van der Waals surface area contributed by atoms with Gasteiger partial charge in [0.25, 0.3) is 0 Å². The maximum atomic E-state index is 11.6. The molecule has 0 aromatic heterocycles. The van der Waals surface area contributed by atoms with Gasteiger partial charge in [0.2, 0.25) is 5.91 Å². The Bertz CT molecular complexity index is 351. The maximum absolute atomic E-state index is 11.6. The standard InChI is InChI=1S/C11H13NO2S/c1-8(13)10(15-2)11(14)12-9-6-4-3-5-7-9/h3-7,10H,1-2H3,(H,12,14). The van der Waals surface area contributed by atoms with Crippen LogP contribution in [0.25, 0.3) is 0 Å². The molecule has 4 heteroatoms. The normalized spacial score (nSPS) is 11.9. The molecular formula is C11H13NO2S. The fourth-order valence-electron chi connectivity index (χ4n) is 1.19. The number of amides is 1. The average Bonchev–Trinajstić information content (AvgIpc) is 2.19. The summed E-state index contributed by atoms with van der Waals surface area (Å²) in [5.74, 6) is -0.392. The van der Waals surface area contributed by atoms with Crippen LogP contribution in [0.15, 0.2) is 30.3 Å². The smallest absolute Gasteiger partial charge is 0.245 e. The Balaban J connectivity index is 2.66. The molecule has 0 aliphatic rings. The molecule has 0 bridgehead atoms. The molecule has 3 nitrogen and oxygen atoms in total. The molecule has 1 unspecified atom stereocenters. The van der Waals surface area contributed by atoms with Crippen molar-refractivity contribution >= 4 is 29.1 Å². The van der Waals surface area contributed by atoms with Gasteiger partial charge in [0.1, 0.15) is 5.25 Å². The molecule has 1 atom stereocenters. The van der Waals surface area contributed by atoms with Crippen molar-refractivity contribution in [1.29, 1.82) is 0 Å². The van der Waals surface area contributed by atoms with Crippen LogP contribution in [0.4, 0.5) is 5.69 Å². The Kier molecular flexibility index (Phi) is 4.37. The van der Waals surface area contributed by atoms with Gasteiger partial charge in [0, 0.05) is 5.69 Å². The molecule has 1 aromatic rings. The highest BCUT2D eigenvalue weighted by Gasteiger charge is 2.21. The van der Waals surface area contributed by atoms with Crippen molar-refractivity contribution in [1.82, 2.24) is 0 Å². The van der Waals surface area contributed by atoms with Gasteiger partial charge in [0.15, 0.2) is 5.78 Å². The van der Waals surface area contributed by atoms with Crippen LogP contribution in [0.3, 0.4) is 0 Å². The van der Waals surface area contributed by atoms with Crippen molar-refractivity contribution in [3.05, 3.63) is 30.3 Å². The number of carbonyl (C=O) groups is 2. The molecule has 0 aliphatic heterocycles. The van der Waals surface area contributed by atoms with E-state index >= 15 is 0 Å². The summed E-state index contributed by atoms with van der Waals surface area (Å²) in [6.07, 6.45) is 1.75. The molecule has 15 heavy (non-hydrogen) atoms. The summed E-state index contributed by atoms with van der Waals surface area (Å²) >= 11 is 1.24. The lowest BCUT2D eigenvalue weighted by Crippen LogP contribution is -2.30. The summed E-state index contributed by atoms with van der Waals surface area (Å²) < 4.78 is 0. The van der Waals surface area contributed by atoms with E-state index in [-0.39, 0.29) is 11.7 Å². The van der Waals surface area contributed by atoms with Gasteiger partial charge in [-0.2, -0.15) is 0 Å². The van der Waals surface area contributed by atoms with Crippen LogP contribution in [-0.4, -0.2) is 23.2 Å². The monoisotopic (exact) mass is 223 g/mol. The van der Waals surface area contributed by atoms with Gasteiger partial charge in [-0.25, -0.2) is 0 Å². The topological polar surface area (TPSA) is 46.2 Å². The molecule has 1 amide bonds. The first kappa shape index (κ1) is 11.8. The number of ketones is 1. The number of benzene rings is 1. The van der Waals surface area contributed by atoms with Gasteiger partial charge in [-0.1, -0.05) is 18.2 Å². The minimum atomic E-state index is -0.620. The second kappa shape index (κ2) is 5.56. The summed E-state index contributed by atoms with van der Waals surface area (Å²) in [6, 6.07) is 9.10. The molecule has 1 N–H and O–H groups in total. The second-order valence-electron chi connectivity index (χ2n) is 3.08. The van der Waals surface area contributed by atoms with Crippen LogP contribution in [0.1, 0.15) is 6.92 Å². The summed E-state index contributed by atoms with van der Waals surface area (Å²) in [5.41, 5.74) is 0.711. The molecule has 0 saturated heterocycles. The quantitative estimate of drug-likeness (QED) is 0.793. The zero-order valence-corrected chi connectivity index (χ0v) is 9.51. The highest BCUT2D eigenvalue weighted by atomic mass is 32.2. The zero-order valence-electron chi connectivity index (χ0n) is 8.69. The lowest BCUT2D eigenvalue weighted by atomic mass is 10.2.